The van der Waals surface area contributed by atoms with E-state index in [0.717, 1.165) is 12.3 Å². The van der Waals surface area contributed by atoms with Gasteiger partial charge >= 0.3 is 6.18 Å². The zero-order chi connectivity index (χ0) is 19.6. The molecule has 27 heavy (non-hydrogen) atoms. The first-order chi connectivity index (χ1) is 12.7. The van der Waals surface area contributed by atoms with Gasteiger partial charge in [-0.25, -0.2) is 9.97 Å². The molecule has 0 bridgehead atoms. The van der Waals surface area contributed by atoms with Crippen LogP contribution in [0.15, 0.2) is 12.3 Å². The van der Waals surface area contributed by atoms with E-state index in [4.69, 9.17) is 4.74 Å². The van der Waals surface area contributed by atoms with Crippen molar-refractivity contribution in [2.45, 2.75) is 44.7 Å². The number of likely N-dealkylation sites (tertiary alicyclic amines) is 1. The standard InChI is InChI=1S/C17H24F3N5O2/c1-11-7-25(8-12(2)27-11)15(26)10-24-6-4-13(9-24)22-16-21-5-3-14(23-16)17(18,19)20/h3,5,11-13H,4,6-10H2,1-2H3,(H,21,22,23). The summed E-state index contributed by atoms with van der Waals surface area (Å²) >= 11 is 0. The van der Waals surface area contributed by atoms with E-state index in [1.807, 2.05) is 23.6 Å². The monoisotopic (exact) mass is 387 g/mol. The van der Waals surface area contributed by atoms with Crippen LogP contribution in [0.4, 0.5) is 19.1 Å². The van der Waals surface area contributed by atoms with Crippen LogP contribution in [-0.4, -0.2) is 76.6 Å². The topological polar surface area (TPSA) is 70.6 Å². The largest absolute Gasteiger partial charge is 0.433 e. The molecule has 150 valence electrons. The van der Waals surface area contributed by atoms with Crippen LogP contribution in [0.3, 0.4) is 0 Å². The molecular weight excluding hydrogens is 363 g/mol. The Labute approximate surface area is 155 Å². The number of aromatic nitrogens is 2. The van der Waals surface area contributed by atoms with Gasteiger partial charge in [-0.2, -0.15) is 13.2 Å². The maximum atomic E-state index is 12.7. The first-order valence-electron chi connectivity index (χ1n) is 9.03. The van der Waals surface area contributed by atoms with Crippen molar-refractivity contribution in [2.24, 2.45) is 0 Å². The number of halogens is 3. The maximum absolute atomic E-state index is 12.7. The highest BCUT2D eigenvalue weighted by atomic mass is 19.4. The molecule has 2 saturated heterocycles. The minimum Gasteiger partial charge on any atom is -0.372 e. The zero-order valence-corrected chi connectivity index (χ0v) is 15.4. The fraction of sp³-hybridized carbons (Fsp3) is 0.706. The number of morpholine rings is 1. The first kappa shape index (κ1) is 19.8. The van der Waals surface area contributed by atoms with Crippen molar-refractivity contribution in [1.29, 1.82) is 0 Å². The third kappa shape index (κ3) is 5.29. The lowest BCUT2D eigenvalue weighted by Gasteiger charge is -2.36. The number of nitrogens with one attached hydrogen (secondary N) is 1. The van der Waals surface area contributed by atoms with Gasteiger partial charge < -0.3 is 15.0 Å². The minimum atomic E-state index is -4.50. The number of nitrogens with zero attached hydrogens (tertiary/aromatic N) is 4. The third-order valence-electron chi connectivity index (χ3n) is 4.68. The number of rotatable bonds is 4. The van der Waals surface area contributed by atoms with Crippen LogP contribution in [-0.2, 0) is 15.7 Å². The zero-order valence-electron chi connectivity index (χ0n) is 15.4. The Kier molecular flexibility index (Phi) is 5.85. The summed E-state index contributed by atoms with van der Waals surface area (Å²) in [5.74, 6) is 0.00630. The van der Waals surface area contributed by atoms with E-state index < -0.39 is 11.9 Å². The van der Waals surface area contributed by atoms with E-state index in [2.05, 4.69) is 15.3 Å². The van der Waals surface area contributed by atoms with E-state index in [1.165, 1.54) is 0 Å². The Hall–Kier alpha value is -1.94. The third-order valence-corrected chi connectivity index (χ3v) is 4.68. The van der Waals surface area contributed by atoms with Gasteiger partial charge in [-0.05, 0) is 26.3 Å². The molecule has 2 aliphatic heterocycles. The minimum absolute atomic E-state index is 0.0174. The molecule has 0 spiro atoms. The molecule has 3 rings (SSSR count). The number of carbonyl (C=O) groups excluding carboxylic acids is 1. The van der Waals surface area contributed by atoms with Crippen molar-refractivity contribution in [1.82, 2.24) is 19.8 Å². The number of amides is 1. The van der Waals surface area contributed by atoms with Crippen molar-refractivity contribution >= 4 is 11.9 Å². The Morgan fingerprint density at radius 2 is 2.00 bits per heavy atom. The average Bonchev–Trinajstić information content (AvgIpc) is 3.00. The fourth-order valence-electron chi connectivity index (χ4n) is 3.54. The lowest BCUT2D eigenvalue weighted by Crippen LogP contribution is -2.51. The Morgan fingerprint density at radius 3 is 2.67 bits per heavy atom. The van der Waals surface area contributed by atoms with Gasteiger partial charge in [0.2, 0.25) is 11.9 Å². The molecule has 2 fully saturated rings. The summed E-state index contributed by atoms with van der Waals surface area (Å²) in [6.07, 6.45) is -2.66. The number of carbonyl (C=O) groups is 1. The predicted molar refractivity (Wildman–Crippen MR) is 92.1 cm³/mol. The van der Waals surface area contributed by atoms with Crippen LogP contribution >= 0.6 is 0 Å². The SMILES string of the molecule is CC1CN(C(=O)CN2CCC(Nc3nccc(C(F)(F)F)n3)C2)CC(C)O1. The molecule has 1 N–H and O–H groups in total. The van der Waals surface area contributed by atoms with Gasteiger partial charge in [-0.3, -0.25) is 9.69 Å². The molecular formula is C17H24F3N5O2. The summed E-state index contributed by atoms with van der Waals surface area (Å²) in [5, 5.41) is 2.94. The quantitative estimate of drug-likeness (QED) is 0.847. The molecule has 2 aliphatic rings. The molecule has 1 aromatic heterocycles. The average molecular weight is 387 g/mol. The Bertz CT molecular complexity index is 662. The van der Waals surface area contributed by atoms with Crippen molar-refractivity contribution in [2.75, 3.05) is 38.0 Å². The summed E-state index contributed by atoms with van der Waals surface area (Å²) in [7, 11) is 0. The highest BCUT2D eigenvalue weighted by molar-refractivity contribution is 5.78. The smallest absolute Gasteiger partial charge is 0.372 e. The molecule has 0 aliphatic carbocycles. The van der Waals surface area contributed by atoms with Gasteiger partial charge in [0.15, 0.2) is 0 Å². The van der Waals surface area contributed by atoms with E-state index in [0.29, 0.717) is 39.1 Å². The highest BCUT2D eigenvalue weighted by Crippen LogP contribution is 2.27. The summed E-state index contributed by atoms with van der Waals surface area (Å²) in [5.41, 5.74) is -0.972. The van der Waals surface area contributed by atoms with Crippen LogP contribution in [0.1, 0.15) is 26.0 Å². The molecule has 7 nitrogen and oxygen atoms in total. The summed E-state index contributed by atoms with van der Waals surface area (Å²) in [4.78, 5) is 23.7. The predicted octanol–water partition coefficient (Wildman–Crippen LogP) is 1.62. The lowest BCUT2D eigenvalue weighted by atomic mass is 10.2. The summed E-state index contributed by atoms with van der Waals surface area (Å²) in [6.45, 7) is 6.59. The van der Waals surface area contributed by atoms with Crippen molar-refractivity contribution in [3.8, 4) is 0 Å². The van der Waals surface area contributed by atoms with Gasteiger partial charge in [-0.1, -0.05) is 0 Å². The van der Waals surface area contributed by atoms with Crippen molar-refractivity contribution in [3.63, 3.8) is 0 Å². The van der Waals surface area contributed by atoms with Crippen LogP contribution < -0.4 is 5.32 Å². The number of alkyl halides is 3. The fourth-order valence-corrected chi connectivity index (χ4v) is 3.54. The molecule has 1 aromatic rings. The van der Waals surface area contributed by atoms with E-state index in [1.54, 1.807) is 0 Å². The van der Waals surface area contributed by atoms with Gasteiger partial charge in [0, 0.05) is 38.4 Å². The van der Waals surface area contributed by atoms with Crippen LogP contribution in [0.25, 0.3) is 0 Å². The van der Waals surface area contributed by atoms with E-state index in [9.17, 15) is 18.0 Å². The molecule has 3 heterocycles. The Morgan fingerprint density at radius 1 is 1.30 bits per heavy atom. The molecule has 3 unspecified atom stereocenters. The molecule has 10 heteroatoms. The maximum Gasteiger partial charge on any atom is 0.433 e. The van der Waals surface area contributed by atoms with Crippen LogP contribution in [0, 0.1) is 0 Å². The van der Waals surface area contributed by atoms with Crippen molar-refractivity contribution < 1.29 is 22.7 Å². The second-order valence-electron chi connectivity index (χ2n) is 7.18. The number of anilines is 1. The Balaban J connectivity index is 1.51. The highest BCUT2D eigenvalue weighted by Gasteiger charge is 2.33. The second-order valence-corrected chi connectivity index (χ2v) is 7.18. The number of hydrogen-bond acceptors (Lipinski definition) is 6. The van der Waals surface area contributed by atoms with Crippen molar-refractivity contribution in [3.05, 3.63) is 18.0 Å². The summed E-state index contributed by atoms with van der Waals surface area (Å²) in [6, 6.07) is 0.749. The lowest BCUT2D eigenvalue weighted by molar-refractivity contribution is -0.144. The second kappa shape index (κ2) is 7.97. The van der Waals surface area contributed by atoms with E-state index >= 15 is 0 Å². The van der Waals surface area contributed by atoms with Gasteiger partial charge in [0.05, 0.1) is 18.8 Å². The number of hydrogen-bond donors (Lipinski definition) is 1. The normalized spacial score (nSPS) is 27.0. The molecule has 0 saturated carbocycles. The first-order valence-corrected chi connectivity index (χ1v) is 9.03. The molecule has 0 aromatic carbocycles. The van der Waals surface area contributed by atoms with E-state index in [-0.39, 0.29) is 30.1 Å². The van der Waals surface area contributed by atoms with Crippen LogP contribution in [0.2, 0.25) is 0 Å². The molecule has 3 atom stereocenters. The van der Waals surface area contributed by atoms with Gasteiger partial charge in [0.1, 0.15) is 5.69 Å². The van der Waals surface area contributed by atoms with Gasteiger partial charge in [-0.15, -0.1) is 0 Å². The molecule has 0 radical (unpaired) electrons. The van der Waals surface area contributed by atoms with Gasteiger partial charge in [0.25, 0.3) is 0 Å². The molecule has 1 amide bonds. The summed E-state index contributed by atoms with van der Waals surface area (Å²) < 4.78 is 43.9. The number of ether oxygens (including phenoxy) is 1. The van der Waals surface area contributed by atoms with Crippen LogP contribution in [0.5, 0.6) is 0 Å².